The zero-order chi connectivity index (χ0) is 13.0. The molecule has 1 fully saturated rings. The van der Waals surface area contributed by atoms with Gasteiger partial charge in [-0.2, -0.15) is 0 Å². The highest BCUT2D eigenvalue weighted by atomic mass is 35.5. The number of halogens is 2. The number of nitrogens with one attached hydrogen (secondary N) is 1. The number of nitrogens with zero attached hydrogens (tertiary/aromatic N) is 1. The molecule has 1 aliphatic rings. The highest BCUT2D eigenvalue weighted by molar-refractivity contribution is 5.97. The number of carbonyl (C=O) groups excluding carboxylic acids is 1. The molecule has 106 valence electrons. The molecule has 0 aliphatic carbocycles. The van der Waals surface area contributed by atoms with Crippen molar-refractivity contribution >= 4 is 18.3 Å². The van der Waals surface area contributed by atoms with Crippen LogP contribution in [-0.2, 0) is 0 Å². The van der Waals surface area contributed by atoms with Crippen LogP contribution < -0.4 is 10.1 Å². The number of amides is 1. The topological polar surface area (TPSA) is 41.6 Å². The van der Waals surface area contributed by atoms with E-state index >= 15 is 0 Å². The molecule has 0 saturated carbocycles. The molecular formula is C13H18ClFN2O2. The molecule has 6 heteroatoms. The van der Waals surface area contributed by atoms with Crippen molar-refractivity contribution in [1.29, 1.82) is 0 Å². The molecule has 1 aliphatic heterocycles. The van der Waals surface area contributed by atoms with E-state index in [0.717, 1.165) is 19.5 Å². The van der Waals surface area contributed by atoms with Gasteiger partial charge in [0.05, 0.1) is 7.11 Å². The first-order chi connectivity index (χ1) is 8.74. The maximum absolute atomic E-state index is 13.8. The average molecular weight is 289 g/mol. The average Bonchev–Trinajstić information content (AvgIpc) is 2.66. The Balaban J connectivity index is 0.00000180. The van der Waals surface area contributed by atoms with Crippen LogP contribution in [0, 0.1) is 5.82 Å². The van der Waals surface area contributed by atoms with Crippen molar-refractivity contribution in [2.75, 3.05) is 33.3 Å². The van der Waals surface area contributed by atoms with Gasteiger partial charge in [0.2, 0.25) is 0 Å². The molecule has 0 radical (unpaired) electrons. The minimum atomic E-state index is -0.531. The highest BCUT2D eigenvalue weighted by Gasteiger charge is 2.23. The molecule has 1 aromatic rings. The third-order valence-electron chi connectivity index (χ3n) is 3.04. The zero-order valence-electron chi connectivity index (χ0n) is 10.8. The molecule has 0 atom stereocenters. The molecule has 0 unspecified atom stereocenters. The summed E-state index contributed by atoms with van der Waals surface area (Å²) >= 11 is 0. The van der Waals surface area contributed by atoms with Crippen LogP contribution in [0.3, 0.4) is 0 Å². The maximum Gasteiger partial charge on any atom is 0.260 e. The van der Waals surface area contributed by atoms with Crippen molar-refractivity contribution in [2.45, 2.75) is 6.42 Å². The first kappa shape index (κ1) is 15.7. The standard InChI is InChI=1S/C13H17FN2O2.ClH/c1-18-11-5-2-4-10(14)12(11)13(17)16-8-3-6-15-7-9-16;/h2,4-5,15H,3,6-9H2,1H3;1H. The van der Waals surface area contributed by atoms with E-state index in [9.17, 15) is 9.18 Å². The van der Waals surface area contributed by atoms with Gasteiger partial charge in [-0.15, -0.1) is 12.4 Å². The Bertz CT molecular complexity index is 435. The van der Waals surface area contributed by atoms with Gasteiger partial charge in [-0.05, 0) is 25.1 Å². The van der Waals surface area contributed by atoms with Crippen LogP contribution in [0.1, 0.15) is 16.8 Å². The molecule has 0 aromatic heterocycles. The quantitative estimate of drug-likeness (QED) is 0.900. The lowest BCUT2D eigenvalue weighted by atomic mass is 10.1. The Morgan fingerprint density at radius 3 is 2.89 bits per heavy atom. The fraction of sp³-hybridized carbons (Fsp3) is 0.462. The number of benzene rings is 1. The second-order valence-corrected chi connectivity index (χ2v) is 4.21. The lowest BCUT2D eigenvalue weighted by molar-refractivity contribution is 0.0758. The molecule has 1 amide bonds. The van der Waals surface area contributed by atoms with E-state index in [1.165, 1.54) is 19.2 Å². The van der Waals surface area contributed by atoms with Gasteiger partial charge in [-0.3, -0.25) is 4.79 Å². The second-order valence-electron chi connectivity index (χ2n) is 4.21. The van der Waals surface area contributed by atoms with Gasteiger partial charge in [-0.25, -0.2) is 4.39 Å². The summed E-state index contributed by atoms with van der Waals surface area (Å²) in [4.78, 5) is 14.0. The van der Waals surface area contributed by atoms with E-state index in [2.05, 4.69) is 5.32 Å². The summed E-state index contributed by atoms with van der Waals surface area (Å²) in [6.45, 7) is 2.86. The summed E-state index contributed by atoms with van der Waals surface area (Å²) in [5, 5.41) is 3.21. The van der Waals surface area contributed by atoms with Crippen molar-refractivity contribution < 1.29 is 13.9 Å². The number of methoxy groups -OCH3 is 1. The van der Waals surface area contributed by atoms with Crippen molar-refractivity contribution in [3.8, 4) is 5.75 Å². The SMILES string of the molecule is COc1cccc(F)c1C(=O)N1CCCNCC1.Cl. The van der Waals surface area contributed by atoms with Gasteiger partial charge >= 0.3 is 0 Å². The lowest BCUT2D eigenvalue weighted by Gasteiger charge is -2.21. The lowest BCUT2D eigenvalue weighted by Crippen LogP contribution is -2.34. The van der Waals surface area contributed by atoms with Gasteiger partial charge in [0.25, 0.3) is 5.91 Å². The minimum Gasteiger partial charge on any atom is -0.496 e. The molecule has 1 N–H and O–H groups in total. The van der Waals surface area contributed by atoms with Crippen LogP contribution in [0.5, 0.6) is 5.75 Å². The van der Waals surface area contributed by atoms with Crippen molar-refractivity contribution in [1.82, 2.24) is 10.2 Å². The van der Waals surface area contributed by atoms with E-state index in [-0.39, 0.29) is 29.6 Å². The Hall–Kier alpha value is -1.33. The maximum atomic E-state index is 13.8. The van der Waals surface area contributed by atoms with Gasteiger partial charge < -0.3 is 15.0 Å². The summed E-state index contributed by atoms with van der Waals surface area (Å²) in [6.07, 6.45) is 0.877. The smallest absolute Gasteiger partial charge is 0.260 e. The molecule has 0 spiro atoms. The molecule has 1 aromatic carbocycles. The molecule has 1 heterocycles. The zero-order valence-corrected chi connectivity index (χ0v) is 11.6. The van der Waals surface area contributed by atoms with Crippen molar-refractivity contribution in [3.05, 3.63) is 29.6 Å². The third-order valence-corrected chi connectivity index (χ3v) is 3.04. The Labute approximate surface area is 118 Å². The summed E-state index contributed by atoms with van der Waals surface area (Å²) < 4.78 is 18.9. The summed E-state index contributed by atoms with van der Waals surface area (Å²) in [6, 6.07) is 4.42. The molecule has 19 heavy (non-hydrogen) atoms. The molecule has 0 bridgehead atoms. The third kappa shape index (κ3) is 3.58. The second kappa shape index (κ2) is 7.31. The number of hydrogen-bond acceptors (Lipinski definition) is 3. The monoisotopic (exact) mass is 288 g/mol. The minimum absolute atomic E-state index is 0. The Morgan fingerprint density at radius 1 is 1.37 bits per heavy atom. The van der Waals surface area contributed by atoms with E-state index in [0.29, 0.717) is 13.1 Å². The predicted molar refractivity (Wildman–Crippen MR) is 73.6 cm³/mol. The van der Waals surface area contributed by atoms with Crippen LogP contribution >= 0.6 is 12.4 Å². The molecule has 2 rings (SSSR count). The normalized spacial score (nSPS) is 15.4. The van der Waals surface area contributed by atoms with Crippen LogP contribution in [0.4, 0.5) is 4.39 Å². The van der Waals surface area contributed by atoms with Gasteiger partial charge in [0.1, 0.15) is 17.1 Å². The van der Waals surface area contributed by atoms with Gasteiger partial charge in [0, 0.05) is 19.6 Å². The fourth-order valence-electron chi connectivity index (χ4n) is 2.09. The summed E-state index contributed by atoms with van der Waals surface area (Å²) in [5.74, 6) is -0.539. The predicted octanol–water partition coefficient (Wildman–Crippen LogP) is 1.69. The fourth-order valence-corrected chi connectivity index (χ4v) is 2.09. The molecular weight excluding hydrogens is 271 g/mol. The van der Waals surface area contributed by atoms with E-state index in [1.807, 2.05) is 0 Å². The first-order valence-electron chi connectivity index (χ1n) is 6.06. The summed E-state index contributed by atoms with van der Waals surface area (Å²) in [5.41, 5.74) is 0.0295. The van der Waals surface area contributed by atoms with E-state index in [4.69, 9.17) is 4.74 Å². The summed E-state index contributed by atoms with van der Waals surface area (Å²) in [7, 11) is 1.44. The van der Waals surface area contributed by atoms with Gasteiger partial charge in [0.15, 0.2) is 0 Å². The van der Waals surface area contributed by atoms with E-state index < -0.39 is 5.82 Å². The molecule has 1 saturated heterocycles. The highest BCUT2D eigenvalue weighted by Crippen LogP contribution is 2.23. The largest absolute Gasteiger partial charge is 0.496 e. The number of rotatable bonds is 2. The molecule has 4 nitrogen and oxygen atoms in total. The van der Waals surface area contributed by atoms with Crippen LogP contribution in [0.2, 0.25) is 0 Å². The van der Waals surface area contributed by atoms with Crippen molar-refractivity contribution in [3.63, 3.8) is 0 Å². The Kier molecular flexibility index (Phi) is 6.05. The van der Waals surface area contributed by atoms with E-state index in [1.54, 1.807) is 11.0 Å². The Morgan fingerprint density at radius 2 is 2.16 bits per heavy atom. The number of hydrogen-bond donors (Lipinski definition) is 1. The first-order valence-corrected chi connectivity index (χ1v) is 6.06. The van der Waals surface area contributed by atoms with Crippen molar-refractivity contribution in [2.24, 2.45) is 0 Å². The van der Waals surface area contributed by atoms with Crippen LogP contribution in [0.15, 0.2) is 18.2 Å². The van der Waals surface area contributed by atoms with Gasteiger partial charge in [-0.1, -0.05) is 6.07 Å². The number of ether oxygens (including phenoxy) is 1. The number of carbonyl (C=O) groups is 1. The van der Waals surface area contributed by atoms with Crippen LogP contribution in [-0.4, -0.2) is 44.1 Å². The van der Waals surface area contributed by atoms with Crippen LogP contribution in [0.25, 0.3) is 0 Å².